The minimum absolute atomic E-state index is 0.0964. The van der Waals surface area contributed by atoms with E-state index in [0.717, 1.165) is 24.3 Å². The van der Waals surface area contributed by atoms with Gasteiger partial charge in [-0.1, -0.05) is 28.1 Å². The van der Waals surface area contributed by atoms with Gasteiger partial charge < -0.3 is 0 Å². The third-order valence-electron chi connectivity index (χ3n) is 4.13. The molecule has 15 heteroatoms. The third kappa shape index (κ3) is 4.17. The van der Waals surface area contributed by atoms with E-state index in [-0.39, 0.29) is 11.6 Å². The Morgan fingerprint density at radius 1 is 0.812 bits per heavy atom. The summed E-state index contributed by atoms with van der Waals surface area (Å²) < 4.78 is 156. The Bertz CT molecular complexity index is 1160. The van der Waals surface area contributed by atoms with Crippen LogP contribution in [0.25, 0.3) is 11.1 Å². The van der Waals surface area contributed by atoms with Gasteiger partial charge in [0, 0.05) is 15.6 Å². The number of nitriles is 1. The van der Waals surface area contributed by atoms with Gasteiger partial charge in [-0.15, -0.1) is 0 Å². The summed E-state index contributed by atoms with van der Waals surface area (Å²) in [4.78, 5) is -2.04. The van der Waals surface area contributed by atoms with E-state index >= 15 is 0 Å². The van der Waals surface area contributed by atoms with Gasteiger partial charge in [0.2, 0.25) is 0 Å². The lowest BCUT2D eigenvalue weighted by Crippen LogP contribution is -2.50. The lowest BCUT2D eigenvalue weighted by atomic mass is 9.87. The minimum Gasteiger partial charge on any atom is -0.218 e. The summed E-state index contributed by atoms with van der Waals surface area (Å²) in [7, 11) is -6.46. The van der Waals surface area contributed by atoms with Gasteiger partial charge in [0.1, 0.15) is 0 Å². The number of rotatable bonds is 3. The van der Waals surface area contributed by atoms with Gasteiger partial charge in [-0.25, -0.2) is 12.8 Å². The van der Waals surface area contributed by atoms with Crippen molar-refractivity contribution in [2.75, 3.05) is 0 Å². The Kier molecular flexibility index (Phi) is 6.40. The highest BCUT2D eigenvalue weighted by Crippen LogP contribution is 2.57. The highest BCUT2D eigenvalue weighted by molar-refractivity contribution is 9.10. The van der Waals surface area contributed by atoms with Crippen LogP contribution in [0, 0.1) is 11.3 Å². The molecule has 32 heavy (non-hydrogen) atoms. The molecule has 0 aromatic heterocycles. The zero-order valence-electron chi connectivity index (χ0n) is 14.8. The monoisotopic (exact) mass is 557 g/mol. The molecule has 0 unspecified atom stereocenters. The number of sulfone groups is 1. The van der Waals surface area contributed by atoms with Crippen molar-refractivity contribution in [1.29, 1.82) is 5.26 Å². The zero-order chi connectivity index (χ0) is 24.9. The smallest absolute Gasteiger partial charge is 0.218 e. The van der Waals surface area contributed by atoms with Crippen LogP contribution in [0.1, 0.15) is 11.1 Å². The van der Waals surface area contributed by atoms with Gasteiger partial charge >= 0.3 is 23.5 Å². The predicted octanol–water partition coefficient (Wildman–Crippen LogP) is 6.57. The van der Waals surface area contributed by atoms with Crippen molar-refractivity contribution in [1.82, 2.24) is 0 Å². The van der Waals surface area contributed by atoms with E-state index in [0.29, 0.717) is 0 Å². The molecule has 0 aliphatic heterocycles. The Hall–Kier alpha value is -2.34. The van der Waals surface area contributed by atoms with Crippen LogP contribution in [0.3, 0.4) is 0 Å². The molecule has 0 aliphatic rings. The Morgan fingerprint density at radius 2 is 1.28 bits per heavy atom. The summed E-state index contributed by atoms with van der Waals surface area (Å²) in [6, 6.07) is 4.56. The average Bonchev–Trinajstić information content (AvgIpc) is 2.64. The van der Waals surface area contributed by atoms with Crippen LogP contribution in [-0.4, -0.2) is 26.3 Å². The van der Waals surface area contributed by atoms with E-state index < -0.39 is 65.5 Å². The maximum absolute atomic E-state index is 14.9. The Labute approximate surface area is 181 Å². The second-order valence-electron chi connectivity index (χ2n) is 6.12. The van der Waals surface area contributed by atoms with Crippen molar-refractivity contribution in [3.05, 3.63) is 52.0 Å². The van der Waals surface area contributed by atoms with E-state index in [1.807, 2.05) is 0 Å². The molecule has 2 aromatic rings. The molecule has 0 radical (unpaired) electrons. The van der Waals surface area contributed by atoms with Crippen molar-refractivity contribution in [2.24, 2.45) is 0 Å². The molecular weight excluding hydrogens is 552 g/mol. The first kappa shape index (κ1) is 25.9. The summed E-state index contributed by atoms with van der Waals surface area (Å²) in [5.41, 5.74) is -16.7. The van der Waals surface area contributed by atoms with Crippen LogP contribution in [0.15, 0.2) is 45.8 Å². The second-order valence-corrected chi connectivity index (χ2v) is 8.92. The average molecular weight is 558 g/mol. The van der Waals surface area contributed by atoms with E-state index in [1.165, 1.54) is 0 Å². The molecule has 0 atom stereocenters. The normalized spacial score (nSPS) is 13.7. The quantitative estimate of drug-likeness (QED) is 0.401. The van der Waals surface area contributed by atoms with Crippen LogP contribution in [-0.2, 0) is 15.5 Å². The summed E-state index contributed by atoms with van der Waals surface area (Å²) in [5.74, 6) is 0. The van der Waals surface area contributed by atoms with Crippen molar-refractivity contribution in [2.45, 2.75) is 28.4 Å². The fourth-order valence-electron chi connectivity index (χ4n) is 2.61. The van der Waals surface area contributed by atoms with Crippen LogP contribution in [0.2, 0.25) is 0 Å². The topological polar surface area (TPSA) is 57.9 Å². The summed E-state index contributed by atoms with van der Waals surface area (Å²) in [6.07, 6.45) is -13.5. The Balaban J connectivity index is 3.09. The maximum Gasteiger partial charge on any atom is 0.501 e. The maximum atomic E-state index is 14.9. The van der Waals surface area contributed by atoms with Gasteiger partial charge in [-0.2, -0.15) is 44.8 Å². The van der Waals surface area contributed by atoms with Crippen LogP contribution in [0.4, 0.5) is 43.9 Å². The number of hydrogen-bond donors (Lipinski definition) is 0. The summed E-state index contributed by atoms with van der Waals surface area (Å²) >= 11 is 2.46. The fraction of sp³-hybridized carbons (Fsp3) is 0.235. The van der Waals surface area contributed by atoms with E-state index in [2.05, 4.69) is 15.9 Å². The van der Waals surface area contributed by atoms with Crippen LogP contribution < -0.4 is 0 Å². The molecule has 2 rings (SSSR count). The lowest BCUT2D eigenvalue weighted by Gasteiger charge is -2.32. The number of halogens is 11. The first-order chi connectivity index (χ1) is 14.3. The van der Waals surface area contributed by atoms with Gasteiger partial charge in [0.25, 0.3) is 9.84 Å². The molecule has 3 nitrogen and oxygen atoms in total. The molecule has 0 heterocycles. The summed E-state index contributed by atoms with van der Waals surface area (Å²) in [5, 5.41) is 8.76. The van der Waals surface area contributed by atoms with Crippen molar-refractivity contribution < 1.29 is 52.3 Å². The van der Waals surface area contributed by atoms with Crippen molar-refractivity contribution >= 4 is 25.8 Å². The number of nitrogens with zero attached hydrogens (tertiary/aromatic N) is 1. The molecule has 0 fully saturated rings. The predicted molar refractivity (Wildman–Crippen MR) is 92.4 cm³/mol. The highest BCUT2D eigenvalue weighted by Gasteiger charge is 2.74. The molecule has 0 saturated heterocycles. The highest BCUT2D eigenvalue weighted by atomic mass is 79.9. The largest absolute Gasteiger partial charge is 0.501 e. The number of benzene rings is 2. The molecule has 0 saturated carbocycles. The van der Waals surface area contributed by atoms with Crippen LogP contribution >= 0.6 is 15.9 Å². The first-order valence-electron chi connectivity index (χ1n) is 7.77. The number of hydrogen-bond acceptors (Lipinski definition) is 3. The first-order valence-corrected chi connectivity index (χ1v) is 10.0. The van der Waals surface area contributed by atoms with E-state index in [4.69, 9.17) is 5.26 Å². The van der Waals surface area contributed by atoms with Gasteiger partial charge in [-0.3, -0.25) is 0 Å². The van der Waals surface area contributed by atoms with Crippen LogP contribution in [0.5, 0.6) is 0 Å². The molecule has 0 bridgehead atoms. The SMILES string of the molecule is N#Cc1ccc(-c2c(Br)cc(S(=O)(=O)C(F)(F)F)cc2C(F)(C(F)(F)F)C(F)(F)F)cc1. The van der Waals surface area contributed by atoms with E-state index in [1.54, 1.807) is 6.07 Å². The van der Waals surface area contributed by atoms with Gasteiger partial charge in [-0.05, 0) is 29.8 Å². The standard InChI is InChI=1S/C17H6BrF10NO2S/c18-12-6-10(32(30,31)17(26,27)28)5-11(14(19,15(20,21)22)16(23,24)25)13(12)9-3-1-8(7-29)2-4-9/h1-6H. The molecule has 0 N–H and O–H groups in total. The van der Waals surface area contributed by atoms with Gasteiger partial charge in [0.05, 0.1) is 16.5 Å². The van der Waals surface area contributed by atoms with Gasteiger partial charge in [0.15, 0.2) is 0 Å². The molecule has 2 aromatic carbocycles. The minimum atomic E-state index is -6.74. The second kappa shape index (κ2) is 7.91. The molecule has 0 aliphatic carbocycles. The van der Waals surface area contributed by atoms with Crippen molar-refractivity contribution in [3.8, 4) is 17.2 Å². The molecular formula is C17H6BrF10NO2S. The lowest BCUT2D eigenvalue weighted by molar-refractivity contribution is -0.348. The van der Waals surface area contributed by atoms with Crippen molar-refractivity contribution in [3.63, 3.8) is 0 Å². The molecule has 0 spiro atoms. The Morgan fingerprint density at radius 3 is 1.66 bits per heavy atom. The van der Waals surface area contributed by atoms with E-state index in [9.17, 15) is 52.3 Å². The molecule has 174 valence electrons. The molecule has 0 amide bonds. The zero-order valence-corrected chi connectivity index (χ0v) is 17.2. The number of alkyl halides is 10. The fourth-order valence-corrected chi connectivity index (χ4v) is 4.27. The third-order valence-corrected chi connectivity index (χ3v) is 6.22. The summed E-state index contributed by atoms with van der Waals surface area (Å²) in [6.45, 7) is 0.